The van der Waals surface area contributed by atoms with Gasteiger partial charge in [-0.3, -0.25) is 14.9 Å². The van der Waals surface area contributed by atoms with E-state index in [0.717, 1.165) is 19.4 Å². The van der Waals surface area contributed by atoms with Crippen LogP contribution in [-0.4, -0.2) is 61.2 Å². The molecule has 9 nitrogen and oxygen atoms in total. The summed E-state index contributed by atoms with van der Waals surface area (Å²) >= 11 is 2.47. The fourth-order valence-electron chi connectivity index (χ4n) is 2.68. The molecule has 2 aromatic rings. The van der Waals surface area contributed by atoms with Crippen LogP contribution in [0, 0.1) is 0 Å². The molecule has 0 saturated carbocycles. The molecule has 1 aromatic heterocycles. The van der Waals surface area contributed by atoms with Crippen LogP contribution in [0.1, 0.15) is 23.2 Å². The molecule has 1 saturated heterocycles. The van der Waals surface area contributed by atoms with Crippen molar-refractivity contribution in [2.45, 2.75) is 23.3 Å². The molecule has 156 valence electrons. The summed E-state index contributed by atoms with van der Waals surface area (Å²) in [7, 11) is 3.02. The van der Waals surface area contributed by atoms with Gasteiger partial charge in [0, 0.05) is 19.2 Å². The fourth-order valence-corrected chi connectivity index (χ4v) is 4.26. The van der Waals surface area contributed by atoms with Gasteiger partial charge in [0.2, 0.25) is 11.0 Å². The van der Waals surface area contributed by atoms with Crippen molar-refractivity contribution in [3.05, 3.63) is 23.8 Å². The number of anilines is 1. The van der Waals surface area contributed by atoms with Crippen molar-refractivity contribution in [2.75, 3.05) is 38.4 Å². The first-order chi connectivity index (χ1) is 14.1. The van der Waals surface area contributed by atoms with Gasteiger partial charge in [0.1, 0.15) is 11.5 Å². The van der Waals surface area contributed by atoms with Crippen molar-refractivity contribution in [1.29, 1.82) is 0 Å². The second kappa shape index (κ2) is 10.4. The summed E-state index contributed by atoms with van der Waals surface area (Å²) in [5.41, 5.74) is 0.353. The maximum atomic E-state index is 12.5. The number of nitrogens with one attached hydrogen (secondary N) is 2. The molecule has 1 atom stereocenters. The van der Waals surface area contributed by atoms with Gasteiger partial charge in [-0.05, 0) is 25.0 Å². The fraction of sp³-hybridized carbons (Fsp3) is 0.444. The maximum Gasteiger partial charge on any atom is 0.261 e. The molecule has 1 aromatic carbocycles. The quantitative estimate of drug-likeness (QED) is 0.453. The van der Waals surface area contributed by atoms with E-state index < -0.39 is 0 Å². The number of aromatic nitrogens is 2. The van der Waals surface area contributed by atoms with Crippen molar-refractivity contribution in [3.63, 3.8) is 0 Å². The molecule has 3 rings (SSSR count). The Balaban J connectivity index is 1.49. The normalized spacial score (nSPS) is 15.7. The van der Waals surface area contributed by atoms with Gasteiger partial charge in [-0.2, -0.15) is 0 Å². The number of hydrogen-bond acceptors (Lipinski definition) is 9. The molecule has 1 aliphatic heterocycles. The average Bonchev–Trinajstić information content (AvgIpc) is 3.42. The third-order valence-corrected chi connectivity index (χ3v) is 6.13. The topological polar surface area (TPSA) is 112 Å². The van der Waals surface area contributed by atoms with E-state index in [1.54, 1.807) is 18.2 Å². The number of hydrogen-bond donors (Lipinski definition) is 2. The van der Waals surface area contributed by atoms with Crippen molar-refractivity contribution >= 4 is 40.0 Å². The molecule has 0 radical (unpaired) electrons. The number of methoxy groups -OCH3 is 2. The predicted octanol–water partition coefficient (Wildman–Crippen LogP) is 2.19. The minimum Gasteiger partial charge on any atom is -0.497 e. The Morgan fingerprint density at radius 2 is 2.17 bits per heavy atom. The number of carbonyl (C=O) groups is 2. The third-order valence-electron chi connectivity index (χ3n) is 4.16. The van der Waals surface area contributed by atoms with Crippen LogP contribution < -0.4 is 20.1 Å². The van der Waals surface area contributed by atoms with Gasteiger partial charge in [-0.25, -0.2) is 0 Å². The predicted molar refractivity (Wildman–Crippen MR) is 110 cm³/mol. The highest BCUT2D eigenvalue weighted by atomic mass is 32.2. The molecule has 2 heterocycles. The molecule has 29 heavy (non-hydrogen) atoms. The van der Waals surface area contributed by atoms with Crippen LogP contribution in [0.2, 0.25) is 0 Å². The highest BCUT2D eigenvalue weighted by molar-refractivity contribution is 8.01. The van der Waals surface area contributed by atoms with Gasteiger partial charge in [-0.15, -0.1) is 10.2 Å². The van der Waals surface area contributed by atoms with Crippen molar-refractivity contribution in [1.82, 2.24) is 15.5 Å². The molecule has 1 unspecified atom stereocenters. The summed E-state index contributed by atoms with van der Waals surface area (Å²) in [6, 6.07) is 4.92. The number of ether oxygens (including phenoxy) is 3. The summed E-state index contributed by atoms with van der Waals surface area (Å²) < 4.78 is 16.4. The van der Waals surface area contributed by atoms with E-state index in [1.807, 2.05) is 0 Å². The molecule has 2 amide bonds. The molecule has 0 spiro atoms. The van der Waals surface area contributed by atoms with Crippen LogP contribution >= 0.6 is 23.1 Å². The lowest BCUT2D eigenvalue weighted by atomic mass is 10.2. The zero-order chi connectivity index (χ0) is 20.6. The number of carbonyl (C=O) groups excluding carboxylic acids is 2. The van der Waals surface area contributed by atoms with Crippen LogP contribution in [0.5, 0.6) is 11.5 Å². The molecule has 0 bridgehead atoms. The second-order valence-electron chi connectivity index (χ2n) is 6.12. The number of thioether (sulfide) groups is 1. The second-order valence-corrected chi connectivity index (χ2v) is 8.32. The molecule has 2 N–H and O–H groups in total. The Bertz CT molecular complexity index is 855. The standard InChI is InChI=1S/C18H22N4O5S2/c1-25-11-5-6-13(14(8-11)26-2)16(24)20-17-21-22-18(29-17)28-10-15(23)19-9-12-4-3-7-27-12/h5-6,8,12H,3-4,7,9-10H2,1-2H3,(H,19,23)(H,20,21,24). The molecular formula is C18H22N4O5S2. The van der Waals surface area contributed by atoms with Crippen LogP contribution in [0.25, 0.3) is 0 Å². The summed E-state index contributed by atoms with van der Waals surface area (Å²) in [6.07, 6.45) is 2.13. The number of rotatable bonds is 9. The largest absolute Gasteiger partial charge is 0.497 e. The lowest BCUT2D eigenvalue weighted by Crippen LogP contribution is -2.32. The SMILES string of the molecule is COc1ccc(C(=O)Nc2nnc(SCC(=O)NCC3CCCO3)s2)c(OC)c1. The van der Waals surface area contributed by atoms with Gasteiger partial charge in [0.05, 0.1) is 31.6 Å². The van der Waals surface area contributed by atoms with Gasteiger partial charge >= 0.3 is 0 Å². The Kier molecular flexibility index (Phi) is 7.67. The van der Waals surface area contributed by atoms with E-state index in [4.69, 9.17) is 14.2 Å². The number of benzene rings is 1. The molecule has 1 aliphatic rings. The first kappa shape index (κ1) is 21.3. The lowest BCUT2D eigenvalue weighted by molar-refractivity contribution is -0.119. The monoisotopic (exact) mass is 438 g/mol. The van der Waals surface area contributed by atoms with E-state index in [-0.39, 0.29) is 23.7 Å². The van der Waals surface area contributed by atoms with Gasteiger partial charge in [0.25, 0.3) is 5.91 Å². The van der Waals surface area contributed by atoms with E-state index >= 15 is 0 Å². The summed E-state index contributed by atoms with van der Waals surface area (Å²) in [5.74, 6) is 0.747. The third kappa shape index (κ3) is 6.05. The summed E-state index contributed by atoms with van der Waals surface area (Å²) in [5, 5.41) is 13.9. The van der Waals surface area contributed by atoms with Gasteiger partial charge in [-0.1, -0.05) is 23.1 Å². The Morgan fingerprint density at radius 3 is 2.90 bits per heavy atom. The zero-order valence-electron chi connectivity index (χ0n) is 16.1. The van der Waals surface area contributed by atoms with Crippen LogP contribution in [0.3, 0.4) is 0 Å². The van der Waals surface area contributed by atoms with Crippen LogP contribution in [0.4, 0.5) is 5.13 Å². The minimum absolute atomic E-state index is 0.0887. The Hall–Kier alpha value is -2.37. The summed E-state index contributed by atoms with van der Waals surface area (Å²) in [4.78, 5) is 24.4. The average molecular weight is 439 g/mol. The Morgan fingerprint density at radius 1 is 1.31 bits per heavy atom. The first-order valence-corrected chi connectivity index (χ1v) is 10.8. The first-order valence-electron chi connectivity index (χ1n) is 8.97. The highest BCUT2D eigenvalue weighted by Gasteiger charge is 2.18. The van der Waals surface area contributed by atoms with Crippen molar-refractivity contribution in [2.24, 2.45) is 0 Å². The van der Waals surface area contributed by atoms with E-state index in [2.05, 4.69) is 20.8 Å². The molecule has 11 heteroatoms. The van der Waals surface area contributed by atoms with Crippen LogP contribution in [0.15, 0.2) is 22.5 Å². The Labute approximate surface area is 176 Å². The maximum absolute atomic E-state index is 12.5. The van der Waals surface area contributed by atoms with E-state index in [9.17, 15) is 9.59 Å². The minimum atomic E-state index is -0.369. The number of amides is 2. The van der Waals surface area contributed by atoms with E-state index in [0.29, 0.717) is 33.1 Å². The van der Waals surface area contributed by atoms with Gasteiger partial charge in [0.15, 0.2) is 4.34 Å². The van der Waals surface area contributed by atoms with Crippen LogP contribution in [-0.2, 0) is 9.53 Å². The van der Waals surface area contributed by atoms with Gasteiger partial charge < -0.3 is 19.5 Å². The zero-order valence-corrected chi connectivity index (χ0v) is 17.7. The summed E-state index contributed by atoms with van der Waals surface area (Å²) in [6.45, 7) is 1.29. The molecule has 0 aliphatic carbocycles. The van der Waals surface area contributed by atoms with Crippen molar-refractivity contribution < 1.29 is 23.8 Å². The number of nitrogens with zero attached hydrogens (tertiary/aromatic N) is 2. The van der Waals surface area contributed by atoms with E-state index in [1.165, 1.54) is 37.3 Å². The lowest BCUT2D eigenvalue weighted by Gasteiger charge is -2.10. The molecular weight excluding hydrogens is 416 g/mol. The molecule has 1 fully saturated rings. The highest BCUT2D eigenvalue weighted by Crippen LogP contribution is 2.28. The van der Waals surface area contributed by atoms with Crippen molar-refractivity contribution in [3.8, 4) is 11.5 Å². The smallest absolute Gasteiger partial charge is 0.261 e.